The number of likely N-dealkylation sites (N-methyl/N-ethyl adjacent to an activating group) is 1. The van der Waals surface area contributed by atoms with Gasteiger partial charge in [0.25, 0.3) is 5.91 Å². The van der Waals surface area contributed by atoms with Crippen LogP contribution in [0.25, 0.3) is 0 Å². The molecule has 0 saturated heterocycles. The Hall–Kier alpha value is -3.23. The highest BCUT2D eigenvalue weighted by Gasteiger charge is 2.46. The van der Waals surface area contributed by atoms with Crippen molar-refractivity contribution in [3.05, 3.63) is 0 Å². The molecule has 0 saturated carbocycles. The number of methoxy groups -OCH3 is 1. The van der Waals surface area contributed by atoms with Gasteiger partial charge < -0.3 is 44.1 Å². The van der Waals surface area contributed by atoms with Gasteiger partial charge in [-0.2, -0.15) is 0 Å². The van der Waals surface area contributed by atoms with Gasteiger partial charge in [0.1, 0.15) is 29.3 Å². The fraction of sp³-hybridized carbons (Fsp3) is 0.793. The quantitative estimate of drug-likeness (QED) is 0.122. The summed E-state index contributed by atoms with van der Waals surface area (Å²) in [6.45, 7) is 15.0. The zero-order valence-corrected chi connectivity index (χ0v) is 30.2. The van der Waals surface area contributed by atoms with Crippen LogP contribution in [0.5, 0.6) is 0 Å². The van der Waals surface area contributed by atoms with Crippen molar-refractivity contribution in [1.82, 2.24) is 20.9 Å². The van der Waals surface area contributed by atoms with Gasteiger partial charge in [0.15, 0.2) is 0 Å². The van der Waals surface area contributed by atoms with E-state index < -0.39 is 84.9 Å². The molecule has 266 valence electrons. The average Bonchev–Trinajstić information content (AvgIpc) is 2.91. The molecule has 0 fully saturated rings. The van der Waals surface area contributed by atoms with Crippen LogP contribution in [0.4, 0.5) is 4.79 Å². The van der Waals surface area contributed by atoms with E-state index in [1.165, 1.54) is 6.92 Å². The van der Waals surface area contributed by atoms with Crippen molar-refractivity contribution in [3.63, 3.8) is 0 Å². The molecule has 1 unspecified atom stereocenters. The fourth-order valence-electron chi connectivity index (χ4n) is 3.94. The van der Waals surface area contributed by atoms with Gasteiger partial charge in [-0.25, -0.2) is 14.4 Å². The molecule has 0 aliphatic heterocycles. The number of amides is 4. The summed E-state index contributed by atoms with van der Waals surface area (Å²) < 4.78 is 38.8. The van der Waals surface area contributed by atoms with Crippen LogP contribution in [-0.4, -0.2) is 104 Å². The topological polar surface area (TPSA) is 205 Å². The highest BCUT2D eigenvalue weighted by molar-refractivity contribution is 7.55. The van der Waals surface area contributed by atoms with Gasteiger partial charge >= 0.3 is 25.6 Å². The van der Waals surface area contributed by atoms with E-state index in [2.05, 4.69) is 16.0 Å². The van der Waals surface area contributed by atoms with Crippen LogP contribution in [0.1, 0.15) is 81.6 Å². The van der Waals surface area contributed by atoms with Crippen LogP contribution >= 0.6 is 7.60 Å². The van der Waals surface area contributed by atoms with E-state index in [-0.39, 0.29) is 18.8 Å². The number of nitrogens with one attached hydrogen (secondary N) is 3. The second-order valence-electron chi connectivity index (χ2n) is 13.0. The van der Waals surface area contributed by atoms with Gasteiger partial charge in [0.05, 0.1) is 7.11 Å². The maximum Gasteiger partial charge on any atom is 0.408 e. The zero-order chi connectivity index (χ0) is 36.2. The first-order valence-electron chi connectivity index (χ1n) is 14.8. The Labute approximate surface area is 271 Å². The molecule has 0 bridgehead atoms. The van der Waals surface area contributed by atoms with Crippen molar-refractivity contribution in [1.29, 1.82) is 0 Å². The van der Waals surface area contributed by atoms with Gasteiger partial charge in [-0.1, -0.05) is 13.8 Å². The number of rotatable bonds is 16. The summed E-state index contributed by atoms with van der Waals surface area (Å²) in [6, 6.07) is -3.56. The number of esters is 2. The van der Waals surface area contributed by atoms with E-state index in [0.717, 1.165) is 33.3 Å². The predicted molar refractivity (Wildman–Crippen MR) is 167 cm³/mol. The molecule has 4 atom stereocenters. The second kappa shape index (κ2) is 18.2. The molecule has 17 heteroatoms. The van der Waals surface area contributed by atoms with Gasteiger partial charge in [-0.3, -0.25) is 18.9 Å². The Morgan fingerprint density at radius 2 is 1.26 bits per heavy atom. The molecular formula is C29H53N4O12P. The lowest BCUT2D eigenvalue weighted by atomic mass is 10.0. The largest absolute Gasteiger partial charge is 0.467 e. The Balaban J connectivity index is 5.93. The van der Waals surface area contributed by atoms with Crippen molar-refractivity contribution in [2.75, 3.05) is 28.4 Å². The van der Waals surface area contributed by atoms with Gasteiger partial charge in [0.2, 0.25) is 17.6 Å². The maximum absolute atomic E-state index is 13.5. The normalized spacial score (nSPS) is 14.7. The minimum Gasteiger partial charge on any atom is -0.467 e. The van der Waals surface area contributed by atoms with Crippen LogP contribution in [0, 0.1) is 5.92 Å². The first-order valence-corrected chi connectivity index (χ1v) is 16.4. The molecule has 3 N–H and O–H groups in total. The van der Waals surface area contributed by atoms with E-state index in [4.69, 9.17) is 23.3 Å². The summed E-state index contributed by atoms with van der Waals surface area (Å²) >= 11 is 0. The van der Waals surface area contributed by atoms with E-state index in [0.29, 0.717) is 0 Å². The van der Waals surface area contributed by atoms with Crippen LogP contribution in [0.3, 0.4) is 0 Å². The number of alkyl carbamates (subject to hydrolysis) is 1. The Bertz CT molecular complexity index is 1120. The number of carbonyl (C=O) groups excluding carboxylic acids is 6. The van der Waals surface area contributed by atoms with E-state index in [1.54, 1.807) is 41.5 Å². The fourth-order valence-corrected chi connectivity index (χ4v) is 5.40. The summed E-state index contributed by atoms with van der Waals surface area (Å²) in [7, 11) is -0.0323. The second-order valence-corrected chi connectivity index (χ2v) is 15.3. The lowest BCUT2D eigenvalue weighted by molar-refractivity contribution is -0.159. The molecular weight excluding hydrogens is 627 g/mol. The number of hydrogen-bond acceptors (Lipinski definition) is 12. The van der Waals surface area contributed by atoms with Crippen molar-refractivity contribution in [2.45, 2.75) is 117 Å². The summed E-state index contributed by atoms with van der Waals surface area (Å²) in [5.41, 5.74) is -1.66. The SMILES string of the molecule is COC(=O)[C@@H](CCC(=O)N(C)C(C(=O)N[C@H](C)C(=O)N[C@@H](CC(C)C)C(=O)OC(C)(C)C)P(=O)(OC)OC)NC(=O)OC(C)(C)C. The number of ether oxygens (including phenoxy) is 3. The predicted octanol–water partition coefficient (Wildman–Crippen LogP) is 2.48. The number of carbonyl (C=O) groups is 6. The lowest BCUT2D eigenvalue weighted by Crippen LogP contribution is -2.55. The molecule has 46 heavy (non-hydrogen) atoms. The summed E-state index contributed by atoms with van der Waals surface area (Å²) in [5.74, 6) is -5.93. The third-order valence-electron chi connectivity index (χ3n) is 6.09. The van der Waals surface area contributed by atoms with Gasteiger partial charge in [0, 0.05) is 27.7 Å². The van der Waals surface area contributed by atoms with E-state index in [1.807, 2.05) is 13.8 Å². The Morgan fingerprint density at radius 3 is 1.70 bits per heavy atom. The van der Waals surface area contributed by atoms with Gasteiger partial charge in [-0.05, 0) is 67.2 Å². The lowest BCUT2D eigenvalue weighted by Gasteiger charge is -2.32. The third kappa shape index (κ3) is 14.9. The number of hydrogen-bond donors (Lipinski definition) is 3. The highest BCUT2D eigenvalue weighted by Crippen LogP contribution is 2.52. The first-order chi connectivity index (χ1) is 20.9. The van der Waals surface area contributed by atoms with Crippen molar-refractivity contribution >= 4 is 43.3 Å². The smallest absolute Gasteiger partial charge is 0.408 e. The van der Waals surface area contributed by atoms with Gasteiger partial charge in [-0.15, -0.1) is 0 Å². The van der Waals surface area contributed by atoms with Crippen LogP contribution < -0.4 is 16.0 Å². The molecule has 0 aromatic rings. The Morgan fingerprint density at radius 1 is 0.739 bits per heavy atom. The highest BCUT2D eigenvalue weighted by atomic mass is 31.2. The monoisotopic (exact) mass is 680 g/mol. The third-order valence-corrected chi connectivity index (χ3v) is 8.29. The molecule has 0 spiro atoms. The van der Waals surface area contributed by atoms with Crippen molar-refractivity contribution in [2.24, 2.45) is 5.92 Å². The Kier molecular flexibility index (Phi) is 16.9. The minimum atomic E-state index is -4.34. The van der Waals surface area contributed by atoms with Crippen molar-refractivity contribution in [3.8, 4) is 0 Å². The molecule has 0 radical (unpaired) electrons. The minimum absolute atomic E-state index is 0.0131. The van der Waals surface area contributed by atoms with Crippen LogP contribution in [-0.2, 0) is 51.8 Å². The molecule has 0 aliphatic carbocycles. The van der Waals surface area contributed by atoms with E-state index in [9.17, 15) is 33.3 Å². The zero-order valence-electron chi connectivity index (χ0n) is 29.3. The van der Waals surface area contributed by atoms with Crippen LogP contribution in [0.2, 0.25) is 0 Å². The molecule has 0 aromatic heterocycles. The molecule has 0 rings (SSSR count). The standard InChI is InChI=1S/C29H53N4O12P/c1-17(2)16-20(26(38)44-28(4,5)6)31-22(35)18(3)30-23(36)24(46(40,42-12)43-13)33(10)21(34)15-14-19(25(37)41-11)32-27(39)45-29(7,8)9/h17-20,24H,14-16H2,1-13H3,(H,30,36)(H,31,35)(H,32,39)/t18-,19-,20+,24?/m1/s1. The number of nitrogens with zero attached hydrogens (tertiary/aromatic N) is 1. The molecule has 0 aliphatic rings. The summed E-state index contributed by atoms with van der Waals surface area (Å²) in [5, 5.41) is 7.32. The van der Waals surface area contributed by atoms with E-state index >= 15 is 0 Å². The average molecular weight is 681 g/mol. The van der Waals surface area contributed by atoms with Crippen LogP contribution in [0.15, 0.2) is 0 Å². The first kappa shape index (κ1) is 42.8. The molecule has 4 amide bonds. The molecule has 0 aromatic carbocycles. The maximum atomic E-state index is 13.5. The van der Waals surface area contributed by atoms with Crippen molar-refractivity contribution < 1.29 is 56.6 Å². The summed E-state index contributed by atoms with van der Waals surface area (Å²) in [4.78, 5) is 77.8. The molecule has 16 nitrogen and oxygen atoms in total. The summed E-state index contributed by atoms with van der Waals surface area (Å²) in [6.07, 6.45) is -1.35. The molecule has 0 heterocycles.